The van der Waals surface area contributed by atoms with Crippen molar-refractivity contribution in [2.24, 2.45) is 0 Å². The summed E-state index contributed by atoms with van der Waals surface area (Å²) in [5.74, 6) is 0.348. The molecule has 0 spiro atoms. The van der Waals surface area contributed by atoms with Gasteiger partial charge in [-0.25, -0.2) is 0 Å². The van der Waals surface area contributed by atoms with E-state index >= 15 is 0 Å². The van der Waals surface area contributed by atoms with E-state index in [0.29, 0.717) is 17.7 Å². The van der Waals surface area contributed by atoms with Crippen LogP contribution in [0.25, 0.3) is 0 Å². The van der Waals surface area contributed by atoms with Crippen LogP contribution in [-0.2, 0) is 6.42 Å². The molecule has 1 rings (SSSR count). The van der Waals surface area contributed by atoms with Gasteiger partial charge in [-0.3, -0.25) is 4.79 Å². The van der Waals surface area contributed by atoms with E-state index in [0.717, 1.165) is 5.56 Å². The van der Waals surface area contributed by atoms with Crippen LogP contribution in [0.1, 0.15) is 43.6 Å². The Balaban J connectivity index is 3.17. The maximum absolute atomic E-state index is 12.4. The first-order chi connectivity index (χ1) is 8.74. The summed E-state index contributed by atoms with van der Waals surface area (Å²) in [5, 5.41) is 12.5. The molecule has 0 unspecified atom stereocenters. The molecule has 0 aliphatic carbocycles. The molecule has 4 heteroatoms. The Morgan fingerprint density at radius 2 is 2.05 bits per heavy atom. The fourth-order valence-electron chi connectivity index (χ4n) is 1.90. The topological polar surface area (TPSA) is 58.6 Å². The number of aliphatic hydroxyl groups excluding tert-OH is 1. The van der Waals surface area contributed by atoms with E-state index in [2.05, 4.69) is 5.32 Å². The number of carbonyl (C=O) groups excluding carboxylic acids is 1. The first kappa shape index (κ1) is 15.5. The lowest BCUT2D eigenvalue weighted by Crippen LogP contribution is -2.41. The number of benzene rings is 1. The van der Waals surface area contributed by atoms with Crippen LogP contribution in [0.4, 0.5) is 0 Å². The van der Waals surface area contributed by atoms with Crippen LogP contribution in [0, 0.1) is 0 Å². The van der Waals surface area contributed by atoms with Crippen LogP contribution in [0.3, 0.4) is 0 Å². The Hall–Kier alpha value is -1.55. The van der Waals surface area contributed by atoms with Crippen molar-refractivity contribution in [3.05, 3.63) is 29.3 Å². The molecular formula is C15H23NO3. The first-order valence-electron chi connectivity index (χ1n) is 6.41. The number of hydrogen-bond acceptors (Lipinski definition) is 3. The van der Waals surface area contributed by atoms with Gasteiger partial charge in [0, 0.05) is 5.54 Å². The minimum absolute atomic E-state index is 0.180. The highest BCUT2D eigenvalue weighted by molar-refractivity contribution is 5.98. The highest BCUT2D eigenvalue weighted by Gasteiger charge is 2.22. The summed E-state index contributed by atoms with van der Waals surface area (Å²) < 4.78 is 5.26. The summed E-state index contributed by atoms with van der Waals surface area (Å²) in [4.78, 5) is 12.4. The van der Waals surface area contributed by atoms with Crippen molar-refractivity contribution in [2.45, 2.75) is 45.8 Å². The van der Waals surface area contributed by atoms with Crippen LogP contribution >= 0.6 is 0 Å². The molecule has 1 aromatic rings. The summed E-state index contributed by atoms with van der Waals surface area (Å²) >= 11 is 0. The predicted molar refractivity (Wildman–Crippen MR) is 75.6 cm³/mol. The second-order valence-corrected chi connectivity index (χ2v) is 5.75. The molecule has 2 N–H and O–H groups in total. The number of ether oxygens (including phenoxy) is 1. The van der Waals surface area contributed by atoms with Gasteiger partial charge >= 0.3 is 0 Å². The maximum atomic E-state index is 12.4. The third-order valence-electron chi connectivity index (χ3n) is 2.56. The molecule has 19 heavy (non-hydrogen) atoms. The zero-order valence-corrected chi connectivity index (χ0v) is 12.3. The second kappa shape index (κ2) is 6.06. The molecule has 0 saturated heterocycles. The Kier molecular flexibility index (Phi) is 4.95. The van der Waals surface area contributed by atoms with E-state index in [1.54, 1.807) is 13.0 Å². The average molecular weight is 265 g/mol. The van der Waals surface area contributed by atoms with E-state index in [4.69, 9.17) is 4.74 Å². The first-order valence-corrected chi connectivity index (χ1v) is 6.41. The zero-order chi connectivity index (χ0) is 14.6. The number of rotatable bonds is 4. The van der Waals surface area contributed by atoms with Crippen molar-refractivity contribution in [1.29, 1.82) is 0 Å². The fraction of sp³-hybridized carbons (Fsp3) is 0.533. The van der Waals surface area contributed by atoms with E-state index in [1.165, 1.54) is 7.11 Å². The van der Waals surface area contributed by atoms with Crippen molar-refractivity contribution in [3.8, 4) is 5.75 Å². The molecule has 1 aromatic carbocycles. The van der Waals surface area contributed by atoms with Gasteiger partial charge in [0.25, 0.3) is 5.91 Å². The van der Waals surface area contributed by atoms with Gasteiger partial charge in [-0.1, -0.05) is 12.1 Å². The van der Waals surface area contributed by atoms with Gasteiger partial charge < -0.3 is 15.2 Å². The van der Waals surface area contributed by atoms with Crippen molar-refractivity contribution in [1.82, 2.24) is 5.32 Å². The van der Waals surface area contributed by atoms with Gasteiger partial charge in [0.15, 0.2) is 0 Å². The van der Waals surface area contributed by atoms with Crippen molar-refractivity contribution in [2.75, 3.05) is 7.11 Å². The molecular weight excluding hydrogens is 242 g/mol. The van der Waals surface area contributed by atoms with E-state index < -0.39 is 6.10 Å². The Morgan fingerprint density at radius 1 is 1.42 bits per heavy atom. The number of aliphatic hydroxyl groups is 1. The minimum atomic E-state index is -0.506. The third kappa shape index (κ3) is 4.56. The molecule has 106 valence electrons. The van der Waals surface area contributed by atoms with Crippen molar-refractivity contribution >= 4 is 5.91 Å². The van der Waals surface area contributed by atoms with Gasteiger partial charge in [-0.2, -0.15) is 0 Å². The number of nitrogens with one attached hydrogen (secondary N) is 1. The lowest BCUT2D eigenvalue weighted by Gasteiger charge is -2.22. The van der Waals surface area contributed by atoms with Crippen LogP contribution in [0.15, 0.2) is 18.2 Å². The predicted octanol–water partition coefficient (Wildman–Crippen LogP) is 2.15. The fourth-order valence-corrected chi connectivity index (χ4v) is 1.90. The molecule has 0 radical (unpaired) electrons. The highest BCUT2D eigenvalue weighted by atomic mass is 16.5. The Morgan fingerprint density at radius 3 is 2.53 bits per heavy atom. The Bertz CT molecular complexity index is 447. The number of hydrogen-bond donors (Lipinski definition) is 2. The standard InChI is InChI=1S/C15H23NO3/c1-10(17)9-11-7-6-8-12(19-5)13(11)14(18)16-15(2,3)4/h6-8,10,17H,9H2,1-5H3,(H,16,18)/t10-/m1/s1. The Labute approximate surface area is 114 Å². The van der Waals surface area contributed by atoms with Gasteiger partial charge in [0.05, 0.1) is 18.8 Å². The normalized spacial score (nSPS) is 12.9. The summed E-state index contributed by atoms with van der Waals surface area (Å²) in [5.41, 5.74) is 0.969. The van der Waals surface area contributed by atoms with Gasteiger partial charge in [-0.05, 0) is 45.7 Å². The molecule has 4 nitrogen and oxygen atoms in total. The molecule has 1 atom stereocenters. The second-order valence-electron chi connectivity index (χ2n) is 5.75. The molecule has 0 aliphatic rings. The summed E-state index contributed by atoms with van der Waals surface area (Å²) in [6.45, 7) is 7.48. The number of carbonyl (C=O) groups is 1. The van der Waals surface area contributed by atoms with Gasteiger partial charge in [0.1, 0.15) is 5.75 Å². The largest absolute Gasteiger partial charge is 0.496 e. The molecule has 1 amide bonds. The van der Waals surface area contributed by atoms with E-state index in [9.17, 15) is 9.90 Å². The molecule has 0 aliphatic heterocycles. The number of methoxy groups -OCH3 is 1. The van der Waals surface area contributed by atoms with Crippen LogP contribution < -0.4 is 10.1 Å². The van der Waals surface area contributed by atoms with Crippen LogP contribution in [0.2, 0.25) is 0 Å². The van der Waals surface area contributed by atoms with Crippen molar-refractivity contribution in [3.63, 3.8) is 0 Å². The highest BCUT2D eigenvalue weighted by Crippen LogP contribution is 2.24. The summed E-state index contributed by atoms with van der Waals surface area (Å²) in [6, 6.07) is 5.42. The zero-order valence-electron chi connectivity index (χ0n) is 12.3. The van der Waals surface area contributed by atoms with Crippen LogP contribution in [0.5, 0.6) is 5.75 Å². The van der Waals surface area contributed by atoms with Gasteiger partial charge in [0.2, 0.25) is 0 Å². The molecule has 0 fully saturated rings. The monoisotopic (exact) mass is 265 g/mol. The molecule has 0 aromatic heterocycles. The number of amides is 1. The maximum Gasteiger partial charge on any atom is 0.255 e. The third-order valence-corrected chi connectivity index (χ3v) is 2.56. The van der Waals surface area contributed by atoms with E-state index in [1.807, 2.05) is 32.9 Å². The molecule has 0 bridgehead atoms. The molecule has 0 heterocycles. The van der Waals surface area contributed by atoms with Crippen LogP contribution in [-0.4, -0.2) is 29.8 Å². The smallest absolute Gasteiger partial charge is 0.255 e. The lowest BCUT2D eigenvalue weighted by atomic mass is 9.99. The van der Waals surface area contributed by atoms with Crippen molar-refractivity contribution < 1.29 is 14.6 Å². The quantitative estimate of drug-likeness (QED) is 0.877. The van der Waals surface area contributed by atoms with Gasteiger partial charge in [-0.15, -0.1) is 0 Å². The summed E-state index contributed by atoms with van der Waals surface area (Å²) in [7, 11) is 1.54. The lowest BCUT2D eigenvalue weighted by molar-refractivity contribution is 0.0914. The summed E-state index contributed by atoms with van der Waals surface area (Å²) in [6.07, 6.45) is -0.0855. The SMILES string of the molecule is COc1cccc(C[C@@H](C)O)c1C(=O)NC(C)(C)C. The van der Waals surface area contributed by atoms with E-state index in [-0.39, 0.29) is 11.4 Å². The minimum Gasteiger partial charge on any atom is -0.496 e. The molecule has 0 saturated carbocycles. The average Bonchev–Trinajstić information content (AvgIpc) is 2.25.